The van der Waals surface area contributed by atoms with E-state index in [0.717, 1.165) is 33.9 Å². The molecule has 201 valence electrons. The van der Waals surface area contributed by atoms with Gasteiger partial charge in [0.2, 0.25) is 0 Å². The average molecular weight is 691 g/mol. The van der Waals surface area contributed by atoms with Crippen LogP contribution in [0.5, 0.6) is 11.8 Å². The number of hydrogen-bond acceptors (Lipinski definition) is 8. The van der Waals surface area contributed by atoms with Crippen LogP contribution in [-0.2, 0) is 24.9 Å². The molecule has 1 radical (unpaired) electrons. The molecule has 4 aromatic rings. The molecule has 0 saturated heterocycles. The number of methoxy groups -OCH3 is 2. The van der Waals surface area contributed by atoms with Crippen molar-refractivity contribution in [3.63, 3.8) is 0 Å². The Morgan fingerprint density at radius 2 is 1.24 bits per heavy atom. The van der Waals surface area contributed by atoms with Gasteiger partial charge in [-0.25, -0.2) is 0 Å². The molecule has 0 amide bonds. The van der Waals surface area contributed by atoms with Gasteiger partial charge in [-0.15, -0.1) is 23.3 Å². The van der Waals surface area contributed by atoms with E-state index in [-0.39, 0.29) is 31.6 Å². The second-order valence-corrected chi connectivity index (χ2v) is 7.63. The van der Waals surface area contributed by atoms with Crippen LogP contribution < -0.4 is 9.47 Å². The maximum Gasteiger partial charge on any atom is 0.155 e. The molecule has 0 bridgehead atoms. The van der Waals surface area contributed by atoms with Crippen molar-refractivity contribution in [2.75, 3.05) is 14.2 Å². The minimum atomic E-state index is -0.125. The topological polar surface area (TPSA) is 107 Å². The van der Waals surface area contributed by atoms with Crippen LogP contribution in [0.25, 0.3) is 22.5 Å². The normalized spacial score (nSPS) is 10.0. The minimum absolute atomic E-state index is 0. The minimum Gasteiger partial charge on any atom is -0.524 e. The number of aliphatic hydroxyl groups excluding tert-OH is 1. The van der Waals surface area contributed by atoms with Gasteiger partial charge in [0.05, 0.1) is 20.0 Å². The van der Waals surface area contributed by atoms with E-state index < -0.39 is 0 Å². The van der Waals surface area contributed by atoms with Crippen molar-refractivity contribution >= 4 is 5.78 Å². The van der Waals surface area contributed by atoms with Crippen molar-refractivity contribution in [1.82, 2.24) is 19.9 Å². The molecule has 4 heterocycles. The van der Waals surface area contributed by atoms with E-state index in [1.807, 2.05) is 50.2 Å². The Bertz CT molecular complexity index is 1220. The summed E-state index contributed by atoms with van der Waals surface area (Å²) in [4.78, 5) is 27.1. The first kappa shape index (κ1) is 32.1. The Labute approximate surface area is 237 Å². The van der Waals surface area contributed by atoms with Gasteiger partial charge in [0.1, 0.15) is 11.8 Å². The first-order chi connectivity index (χ1) is 17.7. The summed E-state index contributed by atoms with van der Waals surface area (Å²) in [5, 5.41) is 8.36. The van der Waals surface area contributed by atoms with Gasteiger partial charge in [-0.3, -0.25) is 4.79 Å². The fourth-order valence-electron chi connectivity index (χ4n) is 3.03. The van der Waals surface area contributed by atoms with Crippen molar-refractivity contribution in [2.24, 2.45) is 0 Å². The van der Waals surface area contributed by atoms with Gasteiger partial charge < -0.3 is 34.5 Å². The molecule has 0 fully saturated rings. The molecule has 0 atom stereocenters. The molecule has 8 nitrogen and oxygen atoms in total. The number of ketones is 1. The molecule has 4 aromatic heterocycles. The molecular formula is C29H30IrN4O4-2. The number of aromatic nitrogens is 4. The van der Waals surface area contributed by atoms with E-state index in [2.05, 4.69) is 32.1 Å². The molecule has 0 unspecified atom stereocenters. The zero-order valence-electron chi connectivity index (χ0n) is 22.1. The number of hydrogen-bond donors (Lipinski definition) is 1. The quantitative estimate of drug-likeness (QED) is 0.165. The Morgan fingerprint density at radius 3 is 1.47 bits per heavy atom. The van der Waals surface area contributed by atoms with Crippen LogP contribution >= 0.6 is 0 Å². The van der Waals surface area contributed by atoms with Crippen molar-refractivity contribution in [2.45, 2.75) is 27.7 Å². The first-order valence-electron chi connectivity index (χ1n) is 11.3. The standard InChI is InChI=1S/2C12H11N2O.C5H8O2.Ir/c2*1-9-10(6-7-12(14-9)15-2)11-5-3-4-8-13-11;1-4(6)3-5(2)7;/h2*3-5,7-8H,1-2H3;3,6H,1-2H3;/q2*-1;;. The Hall–Kier alpha value is -3.94. The fraction of sp³-hybridized carbons (Fsp3) is 0.207. The second kappa shape index (κ2) is 16.7. The summed E-state index contributed by atoms with van der Waals surface area (Å²) in [5.41, 5.74) is 5.32. The number of pyridine rings is 4. The third-order valence-electron chi connectivity index (χ3n) is 4.63. The van der Waals surface area contributed by atoms with Crippen molar-refractivity contribution in [3.05, 3.63) is 96.3 Å². The first-order valence-corrected chi connectivity index (χ1v) is 11.3. The molecule has 0 aromatic carbocycles. The fourth-order valence-corrected chi connectivity index (χ4v) is 3.03. The molecule has 0 spiro atoms. The van der Waals surface area contributed by atoms with Crippen LogP contribution in [0.1, 0.15) is 25.2 Å². The number of rotatable bonds is 5. The molecule has 0 aliphatic rings. The zero-order valence-corrected chi connectivity index (χ0v) is 24.5. The summed E-state index contributed by atoms with van der Waals surface area (Å²) in [6, 6.07) is 21.2. The molecule has 0 saturated carbocycles. The predicted octanol–water partition coefficient (Wildman–Crippen LogP) is 5.56. The van der Waals surface area contributed by atoms with E-state index in [9.17, 15) is 4.79 Å². The summed E-state index contributed by atoms with van der Waals surface area (Å²) in [6.07, 6.45) is 4.68. The number of allylic oxidation sites excluding steroid dienone is 2. The van der Waals surface area contributed by atoms with Crippen molar-refractivity contribution < 1.29 is 39.5 Å². The summed E-state index contributed by atoms with van der Waals surface area (Å²) in [7, 11) is 3.19. The van der Waals surface area contributed by atoms with Crippen LogP contribution in [0.2, 0.25) is 0 Å². The monoisotopic (exact) mass is 691 g/mol. The Kier molecular flexibility index (Phi) is 14.1. The van der Waals surface area contributed by atoms with Crippen LogP contribution in [0, 0.1) is 26.0 Å². The van der Waals surface area contributed by atoms with E-state index in [1.54, 1.807) is 38.7 Å². The zero-order chi connectivity index (χ0) is 27.2. The van der Waals surface area contributed by atoms with Crippen molar-refractivity contribution in [1.29, 1.82) is 0 Å². The van der Waals surface area contributed by atoms with Crippen LogP contribution in [0.15, 0.2) is 72.8 Å². The predicted molar refractivity (Wildman–Crippen MR) is 142 cm³/mol. The van der Waals surface area contributed by atoms with Crippen LogP contribution in [-0.4, -0.2) is 45.0 Å². The van der Waals surface area contributed by atoms with Gasteiger partial charge in [0, 0.05) is 38.6 Å². The Balaban J connectivity index is 0.000000301. The summed E-state index contributed by atoms with van der Waals surface area (Å²) in [6.45, 7) is 6.69. The van der Waals surface area contributed by atoms with Gasteiger partial charge in [0.25, 0.3) is 0 Å². The maximum absolute atomic E-state index is 10.0. The van der Waals surface area contributed by atoms with E-state index in [4.69, 9.17) is 14.6 Å². The third-order valence-corrected chi connectivity index (χ3v) is 4.63. The van der Waals surface area contributed by atoms with Crippen LogP contribution in [0.4, 0.5) is 0 Å². The number of aliphatic hydroxyl groups is 1. The summed E-state index contributed by atoms with van der Waals surface area (Å²) >= 11 is 0. The molecule has 0 aliphatic heterocycles. The number of carbonyl (C=O) groups excluding carboxylic acids is 1. The molecule has 38 heavy (non-hydrogen) atoms. The maximum atomic E-state index is 10.0. The number of carbonyl (C=O) groups is 1. The SMILES string of the molecule is CC(=O)C=C(C)O.COc1c[c-]c(-c2ccccn2)c(C)n1.COc1c[c-]c(-c2ccccn2)c(C)n1.[Ir]. The molecule has 0 aliphatic carbocycles. The van der Waals surface area contributed by atoms with Crippen molar-refractivity contribution in [3.8, 4) is 34.3 Å². The number of nitrogens with zero attached hydrogens (tertiary/aromatic N) is 4. The van der Waals surface area contributed by atoms with Gasteiger partial charge in [-0.1, -0.05) is 50.2 Å². The van der Waals surface area contributed by atoms with Gasteiger partial charge in [-0.05, 0) is 48.8 Å². The van der Waals surface area contributed by atoms with E-state index in [1.165, 1.54) is 19.9 Å². The Morgan fingerprint density at radius 1 is 0.816 bits per heavy atom. The third kappa shape index (κ3) is 10.6. The smallest absolute Gasteiger partial charge is 0.155 e. The van der Waals surface area contributed by atoms with Gasteiger partial charge in [-0.2, -0.15) is 0 Å². The van der Waals surface area contributed by atoms with Crippen LogP contribution in [0.3, 0.4) is 0 Å². The molecule has 1 N–H and O–H groups in total. The molecule has 4 rings (SSSR count). The average Bonchev–Trinajstić information content (AvgIpc) is 2.89. The molecule has 9 heteroatoms. The van der Waals surface area contributed by atoms with E-state index in [0.29, 0.717) is 11.8 Å². The molecular weight excluding hydrogens is 661 g/mol. The van der Waals surface area contributed by atoms with E-state index >= 15 is 0 Å². The summed E-state index contributed by atoms with van der Waals surface area (Å²) in [5.74, 6) is 1.09. The largest absolute Gasteiger partial charge is 0.524 e. The second-order valence-electron chi connectivity index (χ2n) is 7.63. The summed E-state index contributed by atoms with van der Waals surface area (Å²) < 4.78 is 10.0. The van der Waals surface area contributed by atoms with Gasteiger partial charge in [0.15, 0.2) is 5.78 Å². The van der Waals surface area contributed by atoms with Gasteiger partial charge >= 0.3 is 0 Å². The number of ether oxygens (including phenoxy) is 2. The number of aryl methyl sites for hydroxylation is 2.